The van der Waals surface area contributed by atoms with E-state index in [1.54, 1.807) is 22.8 Å². The minimum atomic E-state index is -3.25. The van der Waals surface area contributed by atoms with Crippen LogP contribution in [0.3, 0.4) is 0 Å². The number of rotatable bonds is 6. The van der Waals surface area contributed by atoms with Crippen molar-refractivity contribution < 1.29 is 13.2 Å². The lowest BCUT2D eigenvalue weighted by atomic mass is 10.0. The molecule has 0 radical (unpaired) electrons. The van der Waals surface area contributed by atoms with E-state index in [0.29, 0.717) is 25.9 Å². The Morgan fingerprint density at radius 3 is 2.86 bits per heavy atom. The molecule has 122 valence electrons. The molecule has 1 aliphatic heterocycles. The maximum absolute atomic E-state index is 12.5. The quantitative estimate of drug-likeness (QED) is 0.839. The third-order valence-electron chi connectivity index (χ3n) is 3.76. The molecule has 21 heavy (non-hydrogen) atoms. The number of ether oxygens (including phenoxy) is 1. The first-order valence-corrected chi connectivity index (χ1v) is 9.30. The van der Waals surface area contributed by atoms with Crippen LogP contribution >= 0.6 is 23.7 Å². The number of nitrogens with zero attached hydrogens (tertiary/aromatic N) is 1. The first-order valence-electron chi connectivity index (χ1n) is 6.81. The van der Waals surface area contributed by atoms with Gasteiger partial charge in [-0.2, -0.15) is 4.31 Å². The summed E-state index contributed by atoms with van der Waals surface area (Å²) in [6.07, 6.45) is 2.12. The lowest BCUT2D eigenvalue weighted by Crippen LogP contribution is -2.51. The number of aryl methyl sites for hydroxylation is 1. The SMILES string of the molecule is COC1CCN(S(=O)(=O)CCc2cccs2)C(CN)C1.Cl. The van der Waals surface area contributed by atoms with E-state index in [1.807, 2.05) is 17.5 Å². The van der Waals surface area contributed by atoms with Crippen LogP contribution in [0.2, 0.25) is 0 Å². The molecule has 0 aromatic carbocycles. The van der Waals surface area contributed by atoms with Gasteiger partial charge in [0.25, 0.3) is 0 Å². The van der Waals surface area contributed by atoms with Crippen LogP contribution in [0.1, 0.15) is 17.7 Å². The molecule has 2 unspecified atom stereocenters. The van der Waals surface area contributed by atoms with Crippen molar-refractivity contribution in [2.24, 2.45) is 5.73 Å². The summed E-state index contributed by atoms with van der Waals surface area (Å²) >= 11 is 1.59. The summed E-state index contributed by atoms with van der Waals surface area (Å²) in [5.74, 6) is 0.154. The van der Waals surface area contributed by atoms with Crippen molar-refractivity contribution >= 4 is 33.8 Å². The highest BCUT2D eigenvalue weighted by molar-refractivity contribution is 7.89. The topological polar surface area (TPSA) is 72.6 Å². The van der Waals surface area contributed by atoms with Crippen LogP contribution in [0, 0.1) is 0 Å². The van der Waals surface area contributed by atoms with Crippen molar-refractivity contribution in [1.82, 2.24) is 4.31 Å². The van der Waals surface area contributed by atoms with Crippen LogP contribution in [0.5, 0.6) is 0 Å². The number of methoxy groups -OCH3 is 1. The Morgan fingerprint density at radius 2 is 2.29 bits per heavy atom. The number of thiophene rings is 1. The smallest absolute Gasteiger partial charge is 0.214 e. The molecule has 5 nitrogen and oxygen atoms in total. The number of hydrogen-bond acceptors (Lipinski definition) is 5. The minimum absolute atomic E-state index is 0. The van der Waals surface area contributed by atoms with Crippen LogP contribution in [-0.4, -0.2) is 50.8 Å². The molecule has 2 N–H and O–H groups in total. The zero-order chi connectivity index (χ0) is 14.6. The molecule has 1 fully saturated rings. The summed E-state index contributed by atoms with van der Waals surface area (Å²) in [4.78, 5) is 1.10. The van der Waals surface area contributed by atoms with E-state index in [2.05, 4.69) is 0 Å². The van der Waals surface area contributed by atoms with E-state index in [1.165, 1.54) is 0 Å². The second kappa shape index (κ2) is 8.45. The summed E-state index contributed by atoms with van der Waals surface area (Å²) in [7, 11) is -1.58. The Labute approximate surface area is 136 Å². The third kappa shape index (κ3) is 4.91. The standard InChI is InChI=1S/C13H22N2O3S2.ClH/c1-18-12-4-6-15(11(9-12)10-14)20(16,17)8-5-13-3-2-7-19-13;/h2-3,7,11-12H,4-6,8-10,14H2,1H3;1H. The fourth-order valence-corrected chi connectivity index (χ4v) is 5.15. The fraction of sp³-hybridized carbons (Fsp3) is 0.692. The number of halogens is 1. The van der Waals surface area contributed by atoms with Crippen LogP contribution in [-0.2, 0) is 21.2 Å². The molecule has 0 amide bonds. The maximum Gasteiger partial charge on any atom is 0.214 e. The average Bonchev–Trinajstić information content (AvgIpc) is 2.97. The van der Waals surface area contributed by atoms with Gasteiger partial charge in [0.1, 0.15) is 0 Å². The normalized spacial score (nSPS) is 23.7. The highest BCUT2D eigenvalue weighted by atomic mass is 35.5. The molecule has 2 heterocycles. The Balaban J connectivity index is 0.00000220. The number of piperidine rings is 1. The zero-order valence-electron chi connectivity index (χ0n) is 12.1. The molecule has 1 aromatic rings. The molecular weight excluding hydrogens is 332 g/mol. The minimum Gasteiger partial charge on any atom is -0.381 e. The summed E-state index contributed by atoms with van der Waals surface area (Å²) in [6, 6.07) is 3.78. The number of sulfonamides is 1. The predicted octanol–water partition coefficient (Wildman–Crippen LogP) is 1.48. The summed E-state index contributed by atoms with van der Waals surface area (Å²) in [6.45, 7) is 0.852. The first-order chi connectivity index (χ1) is 9.56. The van der Waals surface area contributed by atoms with Gasteiger partial charge in [0, 0.05) is 31.1 Å². The Hall–Kier alpha value is -0.180. The third-order valence-corrected chi connectivity index (χ3v) is 6.61. The van der Waals surface area contributed by atoms with E-state index in [9.17, 15) is 8.42 Å². The lowest BCUT2D eigenvalue weighted by molar-refractivity contribution is 0.0402. The highest BCUT2D eigenvalue weighted by Crippen LogP contribution is 2.23. The maximum atomic E-state index is 12.5. The van der Waals surface area contributed by atoms with Gasteiger partial charge < -0.3 is 10.5 Å². The number of hydrogen-bond donors (Lipinski definition) is 1. The average molecular weight is 355 g/mol. The molecular formula is C13H23ClN2O3S2. The molecule has 0 saturated carbocycles. The van der Waals surface area contributed by atoms with Gasteiger partial charge in [-0.25, -0.2) is 8.42 Å². The van der Waals surface area contributed by atoms with Crippen LogP contribution in [0.15, 0.2) is 17.5 Å². The van der Waals surface area contributed by atoms with E-state index in [4.69, 9.17) is 10.5 Å². The molecule has 1 aromatic heterocycles. The molecule has 0 spiro atoms. The predicted molar refractivity (Wildman–Crippen MR) is 88.6 cm³/mol. The molecule has 8 heteroatoms. The van der Waals surface area contributed by atoms with Gasteiger partial charge in [0.15, 0.2) is 0 Å². The van der Waals surface area contributed by atoms with Gasteiger partial charge in [0.2, 0.25) is 10.0 Å². The van der Waals surface area contributed by atoms with E-state index >= 15 is 0 Å². The molecule has 0 bridgehead atoms. The lowest BCUT2D eigenvalue weighted by Gasteiger charge is -2.37. The first kappa shape index (κ1) is 18.9. The summed E-state index contributed by atoms with van der Waals surface area (Å²) in [5, 5.41) is 1.97. The fourth-order valence-electron chi connectivity index (χ4n) is 2.59. The molecule has 0 aliphatic carbocycles. The monoisotopic (exact) mass is 354 g/mol. The van der Waals surface area contributed by atoms with Gasteiger partial charge in [-0.05, 0) is 30.7 Å². The number of nitrogens with two attached hydrogens (primary N) is 1. The van der Waals surface area contributed by atoms with Crippen molar-refractivity contribution in [3.63, 3.8) is 0 Å². The van der Waals surface area contributed by atoms with Crippen molar-refractivity contribution in [2.45, 2.75) is 31.4 Å². The van der Waals surface area contributed by atoms with Gasteiger partial charge in [0.05, 0.1) is 11.9 Å². The largest absolute Gasteiger partial charge is 0.381 e. The second-order valence-corrected chi connectivity index (χ2v) is 8.10. The van der Waals surface area contributed by atoms with Gasteiger partial charge in [-0.3, -0.25) is 0 Å². The molecule has 1 saturated heterocycles. The van der Waals surface area contributed by atoms with Crippen molar-refractivity contribution in [3.8, 4) is 0 Å². The molecule has 1 aliphatic rings. The zero-order valence-corrected chi connectivity index (χ0v) is 14.6. The van der Waals surface area contributed by atoms with Crippen molar-refractivity contribution in [3.05, 3.63) is 22.4 Å². The molecule has 2 rings (SSSR count). The van der Waals surface area contributed by atoms with Gasteiger partial charge >= 0.3 is 0 Å². The highest BCUT2D eigenvalue weighted by Gasteiger charge is 2.34. The van der Waals surface area contributed by atoms with E-state index in [-0.39, 0.29) is 30.3 Å². The second-order valence-electron chi connectivity index (χ2n) is 5.03. The van der Waals surface area contributed by atoms with Crippen molar-refractivity contribution in [1.29, 1.82) is 0 Å². The van der Waals surface area contributed by atoms with E-state index < -0.39 is 10.0 Å². The summed E-state index contributed by atoms with van der Waals surface area (Å²) < 4.78 is 31.9. The van der Waals surface area contributed by atoms with Crippen LogP contribution < -0.4 is 5.73 Å². The summed E-state index contributed by atoms with van der Waals surface area (Å²) in [5.41, 5.74) is 5.74. The Kier molecular flexibility index (Phi) is 7.59. The Morgan fingerprint density at radius 1 is 1.52 bits per heavy atom. The van der Waals surface area contributed by atoms with Gasteiger partial charge in [-0.1, -0.05) is 6.07 Å². The molecule has 2 atom stereocenters. The van der Waals surface area contributed by atoms with Gasteiger partial charge in [-0.15, -0.1) is 23.7 Å². The van der Waals surface area contributed by atoms with Crippen molar-refractivity contribution in [2.75, 3.05) is 26.0 Å². The van der Waals surface area contributed by atoms with Crippen LogP contribution in [0.4, 0.5) is 0 Å². The van der Waals surface area contributed by atoms with Crippen LogP contribution in [0.25, 0.3) is 0 Å². The van der Waals surface area contributed by atoms with E-state index in [0.717, 1.165) is 11.3 Å². The Bertz CT molecular complexity index is 507.